The molecule has 1 aromatic carbocycles. The number of benzene rings is 1. The number of aliphatic carboxylic acids is 1. The van der Waals surface area contributed by atoms with Crippen LogP contribution in [0, 0.1) is 5.41 Å². The van der Waals surface area contributed by atoms with Crippen LogP contribution in [0.3, 0.4) is 0 Å². The van der Waals surface area contributed by atoms with Crippen molar-refractivity contribution < 1.29 is 14.7 Å². The highest BCUT2D eigenvalue weighted by Gasteiger charge is 2.39. The van der Waals surface area contributed by atoms with E-state index in [-0.39, 0.29) is 5.91 Å². The van der Waals surface area contributed by atoms with Crippen molar-refractivity contribution in [3.05, 3.63) is 36.0 Å². The van der Waals surface area contributed by atoms with E-state index in [1.54, 1.807) is 11.8 Å². The van der Waals surface area contributed by atoms with Crippen LogP contribution in [0.1, 0.15) is 32.3 Å². The predicted molar refractivity (Wildman–Crippen MR) is 92.9 cm³/mol. The van der Waals surface area contributed by atoms with Crippen LogP contribution in [0.5, 0.6) is 0 Å². The van der Waals surface area contributed by atoms with Gasteiger partial charge in [-0.15, -0.1) is 0 Å². The number of nitrogens with zero attached hydrogens (tertiary/aromatic N) is 2. The molecule has 1 amide bonds. The minimum absolute atomic E-state index is 0.0150. The Hall–Kier alpha value is -2.30. The zero-order valence-corrected chi connectivity index (χ0v) is 14.3. The molecule has 0 aliphatic carbocycles. The molecule has 1 aliphatic heterocycles. The second-order valence-corrected chi connectivity index (χ2v) is 6.92. The standard InChI is InChI=1S/C19H24N2O3/c1-3-20-12-14(15-7-4-5-8-16(15)20)11-17(22)21-10-6-9-19(2,13-21)18(23)24/h4-5,7-8,12H,3,6,9-11,13H2,1-2H3,(H,23,24). The molecule has 0 saturated carbocycles. The molecule has 1 saturated heterocycles. The highest BCUT2D eigenvalue weighted by molar-refractivity contribution is 5.89. The van der Waals surface area contributed by atoms with Crippen molar-refractivity contribution in [2.75, 3.05) is 13.1 Å². The topological polar surface area (TPSA) is 62.5 Å². The van der Waals surface area contributed by atoms with Gasteiger partial charge >= 0.3 is 5.97 Å². The molecule has 5 nitrogen and oxygen atoms in total. The molecule has 2 heterocycles. The summed E-state index contributed by atoms with van der Waals surface area (Å²) >= 11 is 0. The van der Waals surface area contributed by atoms with E-state index in [1.165, 1.54) is 0 Å². The fraction of sp³-hybridized carbons (Fsp3) is 0.474. The van der Waals surface area contributed by atoms with Gasteiger partial charge in [0.05, 0.1) is 11.8 Å². The Labute approximate surface area is 141 Å². The summed E-state index contributed by atoms with van der Waals surface area (Å²) < 4.78 is 2.15. The second kappa shape index (κ2) is 6.30. The Balaban J connectivity index is 1.81. The van der Waals surface area contributed by atoms with Crippen LogP contribution in [0.25, 0.3) is 10.9 Å². The lowest BCUT2D eigenvalue weighted by Crippen LogP contribution is -2.48. The second-order valence-electron chi connectivity index (χ2n) is 6.92. The Morgan fingerprint density at radius 2 is 2.04 bits per heavy atom. The average molecular weight is 328 g/mol. The molecule has 24 heavy (non-hydrogen) atoms. The van der Waals surface area contributed by atoms with Gasteiger partial charge in [0.1, 0.15) is 0 Å². The molecule has 1 N–H and O–H groups in total. The summed E-state index contributed by atoms with van der Waals surface area (Å²) in [6.07, 6.45) is 3.73. The van der Waals surface area contributed by atoms with Gasteiger partial charge in [0.15, 0.2) is 0 Å². The zero-order chi connectivity index (χ0) is 17.3. The Bertz CT molecular complexity index is 780. The molecule has 0 bridgehead atoms. The molecule has 1 fully saturated rings. The SMILES string of the molecule is CCn1cc(CC(=O)N2CCCC(C)(C(=O)O)C2)c2ccccc21. The summed E-state index contributed by atoms with van der Waals surface area (Å²) in [5.41, 5.74) is 1.32. The van der Waals surface area contributed by atoms with E-state index >= 15 is 0 Å². The first-order valence-electron chi connectivity index (χ1n) is 8.52. The summed E-state index contributed by atoms with van der Waals surface area (Å²) in [5.74, 6) is -0.802. The summed E-state index contributed by atoms with van der Waals surface area (Å²) in [6.45, 7) is 5.62. The van der Waals surface area contributed by atoms with Crippen LogP contribution in [-0.4, -0.2) is 39.5 Å². The van der Waals surface area contributed by atoms with E-state index < -0.39 is 11.4 Å². The minimum atomic E-state index is -0.828. The van der Waals surface area contributed by atoms with E-state index in [4.69, 9.17) is 0 Å². The van der Waals surface area contributed by atoms with E-state index in [0.717, 1.165) is 29.4 Å². The lowest BCUT2D eigenvalue weighted by Gasteiger charge is -2.37. The maximum Gasteiger partial charge on any atom is 0.311 e. The number of likely N-dealkylation sites (tertiary alicyclic amines) is 1. The summed E-state index contributed by atoms with van der Waals surface area (Å²) in [5, 5.41) is 10.5. The zero-order valence-electron chi connectivity index (χ0n) is 14.3. The molecule has 0 radical (unpaired) electrons. The smallest absolute Gasteiger partial charge is 0.311 e. The van der Waals surface area contributed by atoms with Gasteiger partial charge < -0.3 is 14.6 Å². The molecule has 1 atom stereocenters. The number of para-hydroxylation sites is 1. The number of hydrogen-bond donors (Lipinski definition) is 1. The number of aromatic nitrogens is 1. The van der Waals surface area contributed by atoms with E-state index in [0.29, 0.717) is 25.9 Å². The molecule has 0 spiro atoms. The first-order valence-corrected chi connectivity index (χ1v) is 8.52. The number of carboxylic acids is 1. The first kappa shape index (κ1) is 16.6. The number of piperidine rings is 1. The van der Waals surface area contributed by atoms with Gasteiger partial charge in [0, 0.05) is 36.7 Å². The molecule has 5 heteroatoms. The van der Waals surface area contributed by atoms with E-state index in [1.807, 2.05) is 24.4 Å². The average Bonchev–Trinajstić information content (AvgIpc) is 2.93. The van der Waals surface area contributed by atoms with Crippen molar-refractivity contribution >= 4 is 22.8 Å². The summed E-state index contributed by atoms with van der Waals surface area (Å²) in [6, 6.07) is 8.10. The molecular formula is C19H24N2O3. The highest BCUT2D eigenvalue weighted by atomic mass is 16.4. The third-order valence-electron chi connectivity index (χ3n) is 5.12. The first-order chi connectivity index (χ1) is 11.4. The van der Waals surface area contributed by atoms with Crippen LogP contribution in [-0.2, 0) is 22.6 Å². The highest BCUT2D eigenvalue weighted by Crippen LogP contribution is 2.30. The monoisotopic (exact) mass is 328 g/mol. The van der Waals surface area contributed by atoms with Crippen LogP contribution >= 0.6 is 0 Å². The number of rotatable bonds is 4. The number of carbonyl (C=O) groups excluding carboxylic acids is 1. The van der Waals surface area contributed by atoms with Gasteiger partial charge in [-0.25, -0.2) is 0 Å². The number of carbonyl (C=O) groups is 2. The lowest BCUT2D eigenvalue weighted by atomic mass is 9.82. The third kappa shape index (κ3) is 2.90. The molecule has 2 aromatic rings. The summed E-state index contributed by atoms with van der Waals surface area (Å²) in [4.78, 5) is 25.9. The fourth-order valence-corrected chi connectivity index (χ4v) is 3.63. The van der Waals surface area contributed by atoms with Crippen molar-refractivity contribution in [1.29, 1.82) is 0 Å². The quantitative estimate of drug-likeness (QED) is 0.938. The van der Waals surface area contributed by atoms with Crippen LogP contribution in [0.2, 0.25) is 0 Å². The summed E-state index contributed by atoms with van der Waals surface area (Å²) in [7, 11) is 0. The van der Waals surface area contributed by atoms with Crippen molar-refractivity contribution in [3.63, 3.8) is 0 Å². The van der Waals surface area contributed by atoms with Crippen molar-refractivity contribution in [2.45, 2.75) is 39.7 Å². The van der Waals surface area contributed by atoms with Crippen LogP contribution < -0.4 is 0 Å². The van der Waals surface area contributed by atoms with Gasteiger partial charge in [-0.1, -0.05) is 18.2 Å². The van der Waals surface area contributed by atoms with Crippen molar-refractivity contribution in [1.82, 2.24) is 9.47 Å². The molecule has 1 aliphatic rings. The van der Waals surface area contributed by atoms with E-state index in [9.17, 15) is 14.7 Å². The largest absolute Gasteiger partial charge is 0.481 e. The maximum atomic E-state index is 12.7. The number of hydrogen-bond acceptors (Lipinski definition) is 2. The van der Waals surface area contributed by atoms with Gasteiger partial charge in [0.25, 0.3) is 0 Å². The number of amides is 1. The molecule has 3 rings (SSSR count). The Morgan fingerprint density at radius 1 is 1.29 bits per heavy atom. The molecule has 1 unspecified atom stereocenters. The molecule has 128 valence electrons. The van der Waals surface area contributed by atoms with Gasteiger partial charge in [-0.05, 0) is 38.3 Å². The van der Waals surface area contributed by atoms with Gasteiger partial charge in [-0.3, -0.25) is 9.59 Å². The lowest BCUT2D eigenvalue weighted by molar-refractivity contribution is -0.153. The third-order valence-corrected chi connectivity index (χ3v) is 5.12. The Kier molecular flexibility index (Phi) is 4.35. The van der Waals surface area contributed by atoms with Crippen molar-refractivity contribution in [2.24, 2.45) is 5.41 Å². The van der Waals surface area contributed by atoms with Crippen molar-refractivity contribution in [3.8, 4) is 0 Å². The molecule has 1 aromatic heterocycles. The number of carboxylic acid groups (broad SMARTS) is 1. The van der Waals surface area contributed by atoms with Crippen LogP contribution in [0.15, 0.2) is 30.5 Å². The fourth-order valence-electron chi connectivity index (χ4n) is 3.63. The minimum Gasteiger partial charge on any atom is -0.481 e. The van der Waals surface area contributed by atoms with Gasteiger partial charge in [-0.2, -0.15) is 0 Å². The normalized spacial score (nSPS) is 21.2. The predicted octanol–water partition coefficient (Wildman–Crippen LogP) is 2.92. The Morgan fingerprint density at radius 3 is 2.75 bits per heavy atom. The van der Waals surface area contributed by atoms with E-state index in [2.05, 4.69) is 17.6 Å². The number of aryl methyl sites for hydroxylation is 1. The van der Waals surface area contributed by atoms with Crippen LogP contribution in [0.4, 0.5) is 0 Å². The number of fused-ring (bicyclic) bond motifs is 1. The van der Waals surface area contributed by atoms with Gasteiger partial charge in [0.2, 0.25) is 5.91 Å². The maximum absolute atomic E-state index is 12.7. The molecular weight excluding hydrogens is 304 g/mol.